The number of amides is 1. The molecule has 0 saturated heterocycles. The molecule has 3 atom stereocenters. The molecule has 3 unspecified atom stereocenters. The van der Waals surface area contributed by atoms with Gasteiger partial charge in [0, 0.05) is 11.4 Å². The van der Waals surface area contributed by atoms with E-state index in [0.29, 0.717) is 17.4 Å². The summed E-state index contributed by atoms with van der Waals surface area (Å²) in [5, 5.41) is 3.13. The minimum absolute atomic E-state index is 0.0525. The Hall–Kier alpha value is -1.03. The lowest BCUT2D eigenvalue weighted by Gasteiger charge is -2.28. The van der Waals surface area contributed by atoms with Crippen molar-refractivity contribution in [1.29, 1.82) is 0 Å². The highest BCUT2D eigenvalue weighted by atomic mass is 79.9. The van der Waals surface area contributed by atoms with E-state index in [9.17, 15) is 4.79 Å². The number of rotatable bonds is 3. The fraction of sp³-hybridized carbons (Fsp3) is 0.588. The van der Waals surface area contributed by atoms with E-state index in [1.807, 2.05) is 24.3 Å². The first-order valence-electron chi connectivity index (χ1n) is 7.85. The summed E-state index contributed by atoms with van der Waals surface area (Å²) in [5.41, 5.74) is 1.14. The molecular formula is C17H22BrNO2. The minimum Gasteiger partial charge on any atom is -0.492 e. The zero-order valence-corrected chi connectivity index (χ0v) is 13.8. The Labute approximate surface area is 134 Å². The summed E-state index contributed by atoms with van der Waals surface area (Å²) in [6.07, 6.45) is 5.71. The number of benzene rings is 1. The first kappa shape index (κ1) is 14.9. The number of carbonyl (C=O) groups is 1. The van der Waals surface area contributed by atoms with E-state index in [2.05, 4.69) is 21.2 Å². The van der Waals surface area contributed by atoms with Gasteiger partial charge in [0.05, 0.1) is 5.92 Å². The van der Waals surface area contributed by atoms with Gasteiger partial charge in [-0.1, -0.05) is 40.5 Å². The molecule has 0 aromatic heterocycles. The number of para-hydroxylation sites is 1. The molecule has 0 bridgehead atoms. The molecular weight excluding hydrogens is 330 g/mol. The molecule has 3 nitrogen and oxygen atoms in total. The van der Waals surface area contributed by atoms with Crippen LogP contribution in [0.25, 0.3) is 0 Å². The molecule has 1 aromatic rings. The van der Waals surface area contributed by atoms with Gasteiger partial charge in [-0.25, -0.2) is 0 Å². The minimum atomic E-state index is -0.0525. The molecule has 0 radical (unpaired) electrons. The van der Waals surface area contributed by atoms with Crippen LogP contribution in [0.1, 0.15) is 31.2 Å². The molecule has 1 saturated carbocycles. The molecule has 2 aliphatic rings. The third kappa shape index (κ3) is 3.79. The lowest BCUT2D eigenvalue weighted by Crippen LogP contribution is -2.40. The van der Waals surface area contributed by atoms with Crippen LogP contribution < -0.4 is 10.1 Å². The summed E-state index contributed by atoms with van der Waals surface area (Å²) in [6, 6.07) is 7.99. The smallest absolute Gasteiger partial charge is 0.226 e. The van der Waals surface area contributed by atoms with Crippen LogP contribution in [0.5, 0.6) is 5.75 Å². The summed E-state index contributed by atoms with van der Waals surface area (Å²) < 4.78 is 5.70. The van der Waals surface area contributed by atoms with Gasteiger partial charge in [-0.05, 0) is 43.2 Å². The van der Waals surface area contributed by atoms with Gasteiger partial charge in [-0.3, -0.25) is 4.79 Å². The highest BCUT2D eigenvalue weighted by molar-refractivity contribution is 9.09. The largest absolute Gasteiger partial charge is 0.492 e. The second-order valence-electron chi connectivity index (χ2n) is 6.19. The summed E-state index contributed by atoms with van der Waals surface area (Å²) in [5.74, 6) is 1.63. The summed E-state index contributed by atoms with van der Waals surface area (Å²) in [6.45, 7) is 1.30. The van der Waals surface area contributed by atoms with E-state index in [1.165, 1.54) is 25.7 Å². The van der Waals surface area contributed by atoms with Crippen LogP contribution in [0.4, 0.5) is 0 Å². The monoisotopic (exact) mass is 351 g/mol. The average Bonchev–Trinajstić information content (AvgIpc) is 2.52. The van der Waals surface area contributed by atoms with Crippen molar-refractivity contribution in [3.05, 3.63) is 29.8 Å². The van der Waals surface area contributed by atoms with Crippen molar-refractivity contribution >= 4 is 21.8 Å². The SMILES string of the molecule is O=C(NCC1CCCC(Br)C1)C1COc2ccccc2C1. The Morgan fingerprint density at radius 2 is 2.19 bits per heavy atom. The number of nitrogens with one attached hydrogen (secondary N) is 1. The van der Waals surface area contributed by atoms with Gasteiger partial charge in [-0.2, -0.15) is 0 Å². The van der Waals surface area contributed by atoms with E-state index in [1.54, 1.807) is 0 Å². The van der Waals surface area contributed by atoms with Crippen LogP contribution in [0.3, 0.4) is 0 Å². The lowest BCUT2D eigenvalue weighted by atomic mass is 9.89. The zero-order chi connectivity index (χ0) is 14.7. The van der Waals surface area contributed by atoms with Crippen molar-refractivity contribution in [1.82, 2.24) is 5.32 Å². The number of hydrogen-bond donors (Lipinski definition) is 1. The number of halogens is 1. The lowest BCUT2D eigenvalue weighted by molar-refractivity contribution is -0.126. The van der Waals surface area contributed by atoms with Gasteiger partial charge in [0.1, 0.15) is 12.4 Å². The summed E-state index contributed by atoms with van der Waals surface area (Å²) in [7, 11) is 0. The van der Waals surface area contributed by atoms with Crippen molar-refractivity contribution in [3.63, 3.8) is 0 Å². The molecule has 21 heavy (non-hydrogen) atoms. The van der Waals surface area contributed by atoms with Crippen molar-refractivity contribution in [3.8, 4) is 5.75 Å². The number of carbonyl (C=O) groups excluding carboxylic acids is 1. The van der Waals surface area contributed by atoms with Crippen LogP contribution in [0, 0.1) is 11.8 Å². The predicted molar refractivity (Wildman–Crippen MR) is 86.8 cm³/mol. The van der Waals surface area contributed by atoms with E-state index in [0.717, 1.165) is 24.3 Å². The average molecular weight is 352 g/mol. The van der Waals surface area contributed by atoms with Crippen LogP contribution in [-0.2, 0) is 11.2 Å². The molecule has 1 aliphatic carbocycles. The Balaban J connectivity index is 1.50. The van der Waals surface area contributed by atoms with Crippen LogP contribution >= 0.6 is 15.9 Å². The van der Waals surface area contributed by atoms with Gasteiger partial charge in [0.15, 0.2) is 0 Å². The maximum atomic E-state index is 12.3. The third-order valence-corrected chi connectivity index (χ3v) is 5.37. The number of ether oxygens (including phenoxy) is 1. The van der Waals surface area contributed by atoms with Crippen LogP contribution in [0.15, 0.2) is 24.3 Å². The second-order valence-corrected chi connectivity index (χ2v) is 7.49. The molecule has 1 aromatic carbocycles. The molecule has 1 heterocycles. The Morgan fingerprint density at radius 3 is 3.05 bits per heavy atom. The van der Waals surface area contributed by atoms with Gasteiger partial charge < -0.3 is 10.1 Å². The zero-order valence-electron chi connectivity index (χ0n) is 12.2. The maximum absolute atomic E-state index is 12.3. The number of fused-ring (bicyclic) bond motifs is 1. The normalized spacial score (nSPS) is 28.3. The van der Waals surface area contributed by atoms with Crippen molar-refractivity contribution in [2.24, 2.45) is 11.8 Å². The highest BCUT2D eigenvalue weighted by Gasteiger charge is 2.27. The van der Waals surface area contributed by atoms with Crippen molar-refractivity contribution in [2.75, 3.05) is 13.2 Å². The Morgan fingerprint density at radius 1 is 1.33 bits per heavy atom. The van der Waals surface area contributed by atoms with Crippen LogP contribution in [0.2, 0.25) is 0 Å². The first-order chi connectivity index (χ1) is 10.2. The topological polar surface area (TPSA) is 38.3 Å². The van der Waals surface area contributed by atoms with Crippen LogP contribution in [-0.4, -0.2) is 23.9 Å². The molecule has 4 heteroatoms. The molecule has 1 fully saturated rings. The summed E-state index contributed by atoms with van der Waals surface area (Å²) >= 11 is 3.70. The van der Waals surface area contributed by atoms with Gasteiger partial charge >= 0.3 is 0 Å². The molecule has 3 rings (SSSR count). The molecule has 0 spiro atoms. The maximum Gasteiger partial charge on any atom is 0.226 e. The molecule has 1 N–H and O–H groups in total. The highest BCUT2D eigenvalue weighted by Crippen LogP contribution is 2.29. The molecule has 1 aliphatic heterocycles. The summed E-state index contributed by atoms with van der Waals surface area (Å²) in [4.78, 5) is 13.0. The van der Waals surface area contributed by atoms with E-state index < -0.39 is 0 Å². The Bertz CT molecular complexity index is 505. The Kier molecular flexibility index (Phi) is 4.84. The standard InChI is InChI=1S/C17H22BrNO2/c18-15-6-3-4-12(8-15)10-19-17(20)14-9-13-5-1-2-7-16(13)21-11-14/h1-2,5,7,12,14-15H,3-4,6,8-11H2,(H,19,20). The fourth-order valence-electron chi connectivity index (χ4n) is 3.30. The number of hydrogen-bond acceptors (Lipinski definition) is 2. The third-order valence-electron chi connectivity index (χ3n) is 4.53. The van der Waals surface area contributed by atoms with E-state index in [-0.39, 0.29) is 11.8 Å². The molecule has 1 amide bonds. The van der Waals surface area contributed by atoms with Crippen molar-refractivity contribution in [2.45, 2.75) is 36.9 Å². The van der Waals surface area contributed by atoms with Gasteiger partial charge in [0.25, 0.3) is 0 Å². The van der Waals surface area contributed by atoms with E-state index in [4.69, 9.17) is 4.74 Å². The van der Waals surface area contributed by atoms with Gasteiger partial charge in [0.2, 0.25) is 5.91 Å². The predicted octanol–water partition coefficient (Wildman–Crippen LogP) is 3.31. The van der Waals surface area contributed by atoms with Crippen molar-refractivity contribution < 1.29 is 9.53 Å². The first-order valence-corrected chi connectivity index (χ1v) is 8.76. The fourth-order valence-corrected chi connectivity index (χ4v) is 4.15. The number of alkyl halides is 1. The molecule has 114 valence electrons. The van der Waals surface area contributed by atoms with Gasteiger partial charge in [-0.15, -0.1) is 0 Å². The van der Waals surface area contributed by atoms with E-state index >= 15 is 0 Å². The quantitative estimate of drug-likeness (QED) is 0.848. The second kappa shape index (κ2) is 6.82.